The monoisotopic (exact) mass is 661 g/mol. The molecule has 49 heavy (non-hydrogen) atoms. The van der Waals surface area contributed by atoms with Crippen molar-refractivity contribution in [3.05, 3.63) is 60.2 Å². The predicted octanol–water partition coefficient (Wildman–Crippen LogP) is 6.76. The summed E-state index contributed by atoms with van der Waals surface area (Å²) in [5.41, 5.74) is 4.58. The fourth-order valence-electron chi connectivity index (χ4n) is 11.5. The van der Waals surface area contributed by atoms with Gasteiger partial charge in [0.25, 0.3) is 0 Å². The average molecular weight is 662 g/mol. The van der Waals surface area contributed by atoms with Gasteiger partial charge in [-0.1, -0.05) is 60.1 Å². The molecular weight excluding hydrogens is 614 g/mol. The van der Waals surface area contributed by atoms with Crippen molar-refractivity contribution in [1.29, 1.82) is 5.26 Å². The van der Waals surface area contributed by atoms with Gasteiger partial charge in [-0.25, -0.2) is 4.98 Å². The molecular formula is C40H47N5O4. The maximum atomic E-state index is 15.0. The zero-order chi connectivity index (χ0) is 35.5. The Morgan fingerprint density at radius 1 is 0.959 bits per heavy atom. The van der Waals surface area contributed by atoms with Crippen molar-refractivity contribution in [2.24, 2.45) is 61.9 Å². The van der Waals surface area contributed by atoms with Crippen LogP contribution in [0.2, 0.25) is 0 Å². The van der Waals surface area contributed by atoms with E-state index >= 15 is 0 Å². The lowest BCUT2D eigenvalue weighted by molar-refractivity contribution is -0.171. The minimum atomic E-state index is -0.932. The molecule has 2 aromatic rings. The van der Waals surface area contributed by atoms with Gasteiger partial charge in [0.2, 0.25) is 11.8 Å². The first kappa shape index (κ1) is 33.3. The van der Waals surface area contributed by atoms with E-state index in [1.807, 2.05) is 19.9 Å². The smallest absolute Gasteiger partial charge is 0.250 e. The van der Waals surface area contributed by atoms with Crippen LogP contribution in [0.4, 0.5) is 0 Å². The SMILES string of the molecule is CC1(C)CC[C@]2(C(=O)n3cnc(-c4ccc(C(N)=O)cn4)c3)CC[C@]3(C)[C@H](C(=O)C=C4[C@@]5(C)C=CC(=O)C(C)(C)C5CC[C@]43C)C2C1C#N. The van der Waals surface area contributed by atoms with E-state index in [4.69, 9.17) is 5.73 Å². The van der Waals surface area contributed by atoms with Crippen molar-refractivity contribution in [2.45, 2.75) is 87.0 Å². The zero-order valence-corrected chi connectivity index (χ0v) is 29.7. The van der Waals surface area contributed by atoms with Gasteiger partial charge >= 0.3 is 0 Å². The van der Waals surface area contributed by atoms with Crippen molar-refractivity contribution in [1.82, 2.24) is 14.5 Å². The predicted molar refractivity (Wildman–Crippen MR) is 183 cm³/mol. The summed E-state index contributed by atoms with van der Waals surface area (Å²) >= 11 is 0. The number of imidazole rings is 1. The van der Waals surface area contributed by atoms with E-state index in [1.165, 1.54) is 17.1 Å². The molecule has 0 saturated heterocycles. The average Bonchev–Trinajstić information content (AvgIpc) is 3.54. The molecule has 3 fully saturated rings. The van der Waals surface area contributed by atoms with Crippen molar-refractivity contribution >= 4 is 23.4 Å². The molecule has 2 N–H and O–H groups in total. The molecule has 0 radical (unpaired) electrons. The fourth-order valence-corrected chi connectivity index (χ4v) is 11.5. The minimum Gasteiger partial charge on any atom is -0.366 e. The number of primary amides is 1. The van der Waals surface area contributed by atoms with E-state index < -0.39 is 45.3 Å². The maximum absolute atomic E-state index is 15.0. The molecule has 0 bridgehead atoms. The van der Waals surface area contributed by atoms with E-state index in [1.54, 1.807) is 24.4 Å². The van der Waals surface area contributed by atoms with Crippen LogP contribution < -0.4 is 5.73 Å². The summed E-state index contributed by atoms with van der Waals surface area (Å²) in [5, 5.41) is 10.9. The zero-order valence-electron chi connectivity index (χ0n) is 29.7. The Balaban J connectivity index is 1.34. The van der Waals surface area contributed by atoms with Crippen LogP contribution in [0.1, 0.15) is 102 Å². The van der Waals surface area contributed by atoms with Gasteiger partial charge in [-0.3, -0.25) is 28.7 Å². The lowest BCUT2D eigenvalue weighted by atomic mass is 9.33. The molecule has 0 aromatic carbocycles. The molecule has 2 aromatic heterocycles. The Morgan fingerprint density at radius 2 is 1.67 bits per heavy atom. The van der Waals surface area contributed by atoms with E-state index in [-0.39, 0.29) is 39.8 Å². The molecule has 7 rings (SSSR count). The molecule has 9 heteroatoms. The number of pyridine rings is 1. The van der Waals surface area contributed by atoms with Gasteiger partial charge in [-0.15, -0.1) is 0 Å². The van der Waals surface area contributed by atoms with Crippen LogP contribution in [0.3, 0.4) is 0 Å². The summed E-state index contributed by atoms with van der Waals surface area (Å²) in [6.45, 7) is 15.0. The van der Waals surface area contributed by atoms with Crippen LogP contribution >= 0.6 is 0 Å². The van der Waals surface area contributed by atoms with Crippen LogP contribution in [-0.2, 0) is 9.59 Å². The summed E-state index contributed by atoms with van der Waals surface area (Å²) < 4.78 is 1.52. The van der Waals surface area contributed by atoms with E-state index in [0.29, 0.717) is 37.1 Å². The first-order valence-corrected chi connectivity index (χ1v) is 17.6. The summed E-state index contributed by atoms with van der Waals surface area (Å²) in [6, 6.07) is 5.88. The number of nitriles is 1. The number of ketones is 2. The topological polar surface area (TPSA) is 149 Å². The quantitative estimate of drug-likeness (QED) is 0.382. The number of allylic oxidation sites excluding steroid dienone is 4. The molecule has 9 nitrogen and oxygen atoms in total. The normalized spacial score (nSPS) is 38.6. The number of rotatable bonds is 3. The van der Waals surface area contributed by atoms with Crippen molar-refractivity contribution < 1.29 is 19.2 Å². The highest BCUT2D eigenvalue weighted by Crippen LogP contribution is 2.75. The van der Waals surface area contributed by atoms with E-state index in [9.17, 15) is 24.4 Å². The van der Waals surface area contributed by atoms with E-state index in [2.05, 4.69) is 56.7 Å². The third-order valence-corrected chi connectivity index (χ3v) is 14.7. The lowest BCUT2D eigenvalue weighted by Crippen LogP contribution is -2.67. The molecule has 3 saturated carbocycles. The van der Waals surface area contributed by atoms with Crippen LogP contribution in [0, 0.1) is 67.5 Å². The van der Waals surface area contributed by atoms with E-state index in [0.717, 1.165) is 18.4 Å². The van der Waals surface area contributed by atoms with Gasteiger partial charge < -0.3 is 5.73 Å². The molecule has 256 valence electrons. The van der Waals surface area contributed by atoms with Crippen LogP contribution in [0.5, 0.6) is 0 Å². The second-order valence-electron chi connectivity index (χ2n) is 17.5. The molecule has 5 aliphatic rings. The molecule has 8 atom stereocenters. The third-order valence-electron chi connectivity index (χ3n) is 14.7. The van der Waals surface area contributed by atoms with Crippen molar-refractivity contribution in [3.8, 4) is 17.5 Å². The van der Waals surface area contributed by atoms with Crippen LogP contribution in [-0.4, -0.2) is 37.9 Å². The number of hydrogen-bond donors (Lipinski definition) is 1. The minimum absolute atomic E-state index is 0.00448. The highest BCUT2D eigenvalue weighted by molar-refractivity contribution is 5.99. The van der Waals surface area contributed by atoms with Gasteiger partial charge in [0, 0.05) is 35.1 Å². The summed E-state index contributed by atoms with van der Waals surface area (Å²) in [7, 11) is 0. The first-order valence-electron chi connectivity index (χ1n) is 17.6. The summed E-state index contributed by atoms with van der Waals surface area (Å²) in [6.07, 6.45) is 14.4. The number of hydrogen-bond acceptors (Lipinski definition) is 7. The number of amides is 1. The number of nitrogens with two attached hydrogens (primary N) is 1. The molecule has 0 spiro atoms. The molecule has 0 aliphatic heterocycles. The highest BCUT2D eigenvalue weighted by Gasteiger charge is 2.72. The largest absolute Gasteiger partial charge is 0.366 e. The number of nitrogens with zero attached hydrogens (tertiary/aromatic N) is 4. The Morgan fingerprint density at radius 3 is 2.33 bits per heavy atom. The standard InChI is InChI=1S/C40H47N5O4/c1-35(2)14-16-40(34(49)45-21-26(44-22-45)25-9-8-23(20-43-25)33(42)48)17-15-39(7)32(31(40)24(35)19-41)27(46)18-29-37(5)12-11-30(47)36(3,4)28(37)10-13-38(29,39)6/h8-9,11-12,18,20-22,24,28,31-32H,10,13-17H2,1-7H3,(H2,42,48)/t24?,28?,31?,32-,37+,38-,39-,40+/m1/s1. The summed E-state index contributed by atoms with van der Waals surface area (Å²) in [4.78, 5) is 63.4. The maximum Gasteiger partial charge on any atom is 0.250 e. The van der Waals surface area contributed by atoms with Gasteiger partial charge in [-0.2, -0.15) is 5.26 Å². The first-order chi connectivity index (χ1) is 22.9. The van der Waals surface area contributed by atoms with Gasteiger partial charge in [0.05, 0.1) is 28.7 Å². The van der Waals surface area contributed by atoms with Gasteiger partial charge in [-0.05, 0) is 85.0 Å². The Kier molecular flexibility index (Phi) is 7.08. The highest BCUT2D eigenvalue weighted by atomic mass is 16.2. The number of carbonyl (C=O) groups is 4. The molecule has 1 amide bonds. The molecule has 2 heterocycles. The second kappa shape index (κ2) is 10.4. The molecule has 5 aliphatic carbocycles. The number of carbonyl (C=O) groups excluding carboxylic acids is 4. The number of fused-ring (bicyclic) bond motifs is 7. The Labute approximate surface area is 288 Å². The van der Waals surface area contributed by atoms with Crippen molar-refractivity contribution in [3.63, 3.8) is 0 Å². The lowest BCUT2D eigenvalue weighted by Gasteiger charge is -2.69. The summed E-state index contributed by atoms with van der Waals surface area (Å²) in [5.74, 6) is -2.02. The van der Waals surface area contributed by atoms with Gasteiger partial charge in [0.15, 0.2) is 11.6 Å². The second-order valence-corrected chi connectivity index (χ2v) is 17.5. The Bertz CT molecular complexity index is 1910. The number of aromatic nitrogens is 3. The van der Waals surface area contributed by atoms with Crippen LogP contribution in [0.15, 0.2) is 54.7 Å². The Hall–Kier alpha value is -4.19. The van der Waals surface area contributed by atoms with Crippen molar-refractivity contribution in [2.75, 3.05) is 0 Å². The fraction of sp³-hybridized carbons (Fsp3) is 0.575. The molecule has 3 unspecified atom stereocenters. The van der Waals surface area contributed by atoms with Gasteiger partial charge in [0.1, 0.15) is 12.0 Å². The van der Waals surface area contributed by atoms with Crippen LogP contribution in [0.25, 0.3) is 11.4 Å². The third kappa shape index (κ3) is 4.28.